The minimum atomic E-state index is -4.88. The fourth-order valence-corrected chi connectivity index (χ4v) is 5.89. The van der Waals surface area contributed by atoms with E-state index in [-0.39, 0.29) is 53.8 Å². The molecule has 10 nitrogen and oxygen atoms in total. The van der Waals surface area contributed by atoms with Crippen LogP contribution in [0.4, 0.5) is 32.2 Å². The van der Waals surface area contributed by atoms with Crippen molar-refractivity contribution in [2.24, 2.45) is 0 Å². The second-order valence-corrected chi connectivity index (χ2v) is 12.7. The van der Waals surface area contributed by atoms with E-state index in [0.29, 0.717) is 5.56 Å². The average Bonchev–Trinajstić information content (AvgIpc) is 3.42. The molecule has 3 aromatic rings. The maximum Gasteiger partial charge on any atom is 0.573 e. The summed E-state index contributed by atoms with van der Waals surface area (Å²) in [6.07, 6.45) is -4.39. The lowest BCUT2D eigenvalue weighted by Crippen LogP contribution is -2.35. The first kappa shape index (κ1) is 35.8. The van der Waals surface area contributed by atoms with Gasteiger partial charge in [-0.3, -0.25) is 4.79 Å². The van der Waals surface area contributed by atoms with Gasteiger partial charge in [-0.15, -0.1) is 13.2 Å². The maximum atomic E-state index is 15.4. The number of amides is 1. The van der Waals surface area contributed by atoms with E-state index in [2.05, 4.69) is 19.8 Å². The third kappa shape index (κ3) is 9.71. The number of aliphatic hydroxyl groups excluding tert-OH is 1. The molecule has 1 aliphatic heterocycles. The van der Waals surface area contributed by atoms with Gasteiger partial charge < -0.3 is 29.5 Å². The number of carbonyl (C=O) groups is 1. The van der Waals surface area contributed by atoms with E-state index in [1.807, 2.05) is 0 Å². The largest absolute Gasteiger partial charge is 0.573 e. The van der Waals surface area contributed by atoms with Crippen LogP contribution in [-0.2, 0) is 14.6 Å². The van der Waals surface area contributed by atoms with E-state index in [4.69, 9.17) is 4.74 Å². The maximum absolute atomic E-state index is 15.4. The lowest BCUT2D eigenvalue weighted by Gasteiger charge is -2.25. The van der Waals surface area contributed by atoms with Gasteiger partial charge in [0.05, 0.1) is 41.4 Å². The number of anilines is 1. The molecule has 47 heavy (non-hydrogen) atoms. The monoisotopic (exact) mass is 691 g/mol. The predicted molar refractivity (Wildman–Crippen MR) is 156 cm³/mol. The summed E-state index contributed by atoms with van der Waals surface area (Å²) in [6, 6.07) is 9.63. The first-order valence-corrected chi connectivity index (χ1v) is 15.9. The second-order valence-electron chi connectivity index (χ2n) is 10.4. The molecule has 0 spiro atoms. The van der Waals surface area contributed by atoms with Crippen LogP contribution in [0.15, 0.2) is 65.7 Å². The fourth-order valence-electron chi connectivity index (χ4n) is 5.01. The van der Waals surface area contributed by atoms with Crippen molar-refractivity contribution in [1.29, 1.82) is 0 Å². The number of aliphatic hydroxyl groups is 1. The van der Waals surface area contributed by atoms with Gasteiger partial charge in [-0.05, 0) is 54.4 Å². The minimum absolute atomic E-state index is 0.0597. The SMILES string of the molecule is CCS(=O)(=O)c1ccc(C(CCO)NC(=O)c2cnc(N3C[C@@H](Oc4ccc(OC(F)(F)F)cc4)C[C@H]3COC(F)F)c(F)c2)cc1. The van der Waals surface area contributed by atoms with Gasteiger partial charge in [0, 0.05) is 19.2 Å². The Balaban J connectivity index is 1.48. The van der Waals surface area contributed by atoms with Crippen LogP contribution in [0.5, 0.6) is 11.5 Å². The molecular formula is C30H31F6N3O7S. The molecule has 1 unspecified atom stereocenters. The van der Waals surface area contributed by atoms with Crippen LogP contribution in [0.25, 0.3) is 0 Å². The number of aromatic nitrogens is 1. The van der Waals surface area contributed by atoms with Gasteiger partial charge in [-0.2, -0.15) is 8.78 Å². The molecule has 0 radical (unpaired) electrons. The highest BCUT2D eigenvalue weighted by atomic mass is 32.2. The third-order valence-corrected chi connectivity index (χ3v) is 9.00. The van der Waals surface area contributed by atoms with Crippen LogP contribution < -0.4 is 19.7 Å². The van der Waals surface area contributed by atoms with Crippen molar-refractivity contribution in [2.75, 3.05) is 30.4 Å². The summed E-state index contributed by atoms with van der Waals surface area (Å²) < 4.78 is 117. The van der Waals surface area contributed by atoms with Gasteiger partial charge >= 0.3 is 13.0 Å². The molecule has 1 fully saturated rings. The molecule has 1 amide bonds. The minimum Gasteiger partial charge on any atom is -0.489 e. The standard InChI is InChI=1S/C30H31F6N3O7S/c1-2-47(42,43)24-9-3-18(4-10-24)26(11-12-40)38-28(41)19-13-25(31)27(37-15-19)39-16-23(14-20(39)17-44-29(32)33)45-21-5-7-22(8-6-21)46-30(34,35)36/h3-10,13,15,20,23,26,29,40H,2,11-12,14,16-17H2,1H3,(H,38,41)/t20-,23-,26?/m0/s1. The number of nitrogens with one attached hydrogen (secondary N) is 1. The lowest BCUT2D eigenvalue weighted by atomic mass is 10.0. The molecule has 2 heterocycles. The van der Waals surface area contributed by atoms with Gasteiger partial charge in [-0.1, -0.05) is 19.1 Å². The predicted octanol–water partition coefficient (Wildman–Crippen LogP) is 5.03. The number of benzene rings is 2. The zero-order valence-electron chi connectivity index (χ0n) is 24.8. The second kappa shape index (κ2) is 15.2. The van der Waals surface area contributed by atoms with Gasteiger partial charge in [0.1, 0.15) is 17.6 Å². The average molecular weight is 692 g/mol. The molecule has 1 aromatic heterocycles. The fraction of sp³-hybridized carbons (Fsp3) is 0.400. The summed E-state index contributed by atoms with van der Waals surface area (Å²) in [5.74, 6) is -2.39. The van der Waals surface area contributed by atoms with E-state index in [1.165, 1.54) is 48.2 Å². The Morgan fingerprint density at radius 2 is 1.77 bits per heavy atom. The quantitative estimate of drug-likeness (QED) is 0.224. The molecule has 4 rings (SSSR count). The normalized spacial score (nSPS) is 17.5. The number of hydrogen-bond donors (Lipinski definition) is 2. The number of sulfone groups is 1. The highest BCUT2D eigenvalue weighted by Gasteiger charge is 2.37. The number of alkyl halides is 5. The number of hydrogen-bond acceptors (Lipinski definition) is 9. The van der Waals surface area contributed by atoms with Crippen LogP contribution >= 0.6 is 0 Å². The first-order valence-electron chi connectivity index (χ1n) is 14.3. The molecule has 1 aliphatic rings. The Kier molecular flexibility index (Phi) is 11.6. The molecule has 2 aromatic carbocycles. The molecule has 256 valence electrons. The molecule has 0 bridgehead atoms. The first-order chi connectivity index (χ1) is 22.2. The van der Waals surface area contributed by atoms with E-state index in [1.54, 1.807) is 0 Å². The zero-order chi connectivity index (χ0) is 34.4. The lowest BCUT2D eigenvalue weighted by molar-refractivity contribution is -0.274. The van der Waals surface area contributed by atoms with Crippen molar-refractivity contribution in [1.82, 2.24) is 10.3 Å². The van der Waals surface area contributed by atoms with Crippen LogP contribution in [0.1, 0.15) is 41.7 Å². The van der Waals surface area contributed by atoms with Crippen LogP contribution in [0, 0.1) is 5.82 Å². The van der Waals surface area contributed by atoms with Crippen molar-refractivity contribution in [3.05, 3.63) is 77.7 Å². The highest BCUT2D eigenvalue weighted by Crippen LogP contribution is 2.31. The summed E-state index contributed by atoms with van der Waals surface area (Å²) in [5.41, 5.74) is 0.313. The van der Waals surface area contributed by atoms with E-state index < -0.39 is 65.1 Å². The molecule has 2 N–H and O–H groups in total. The van der Waals surface area contributed by atoms with Crippen molar-refractivity contribution in [3.8, 4) is 11.5 Å². The molecular weight excluding hydrogens is 660 g/mol. The van der Waals surface area contributed by atoms with Crippen molar-refractivity contribution < 1.29 is 58.9 Å². The topological polar surface area (TPSA) is 127 Å². The third-order valence-electron chi connectivity index (χ3n) is 7.25. The molecule has 3 atom stereocenters. The summed E-state index contributed by atoms with van der Waals surface area (Å²) in [6.45, 7) is -2.51. The Bertz CT molecular complexity index is 1610. The van der Waals surface area contributed by atoms with Gasteiger partial charge in [0.15, 0.2) is 21.5 Å². The van der Waals surface area contributed by atoms with Gasteiger partial charge in [0.25, 0.3) is 5.91 Å². The number of nitrogens with zero attached hydrogens (tertiary/aromatic N) is 2. The number of pyridine rings is 1. The van der Waals surface area contributed by atoms with Gasteiger partial charge in [0.2, 0.25) is 0 Å². The Morgan fingerprint density at radius 3 is 2.34 bits per heavy atom. The summed E-state index contributed by atoms with van der Waals surface area (Å²) in [4.78, 5) is 18.6. The van der Waals surface area contributed by atoms with Crippen LogP contribution in [0.3, 0.4) is 0 Å². The highest BCUT2D eigenvalue weighted by molar-refractivity contribution is 7.91. The molecule has 17 heteroatoms. The van der Waals surface area contributed by atoms with E-state index in [0.717, 1.165) is 24.4 Å². The number of ether oxygens (including phenoxy) is 3. The Labute approximate surface area is 266 Å². The number of carbonyl (C=O) groups excluding carboxylic acids is 1. The van der Waals surface area contributed by atoms with Crippen LogP contribution in [0.2, 0.25) is 0 Å². The van der Waals surface area contributed by atoms with Crippen molar-refractivity contribution in [2.45, 2.75) is 55.8 Å². The summed E-state index contributed by atoms with van der Waals surface area (Å²) in [7, 11) is -3.46. The molecule has 1 saturated heterocycles. The van der Waals surface area contributed by atoms with Crippen molar-refractivity contribution in [3.63, 3.8) is 0 Å². The molecule has 0 aliphatic carbocycles. The number of rotatable bonds is 14. The summed E-state index contributed by atoms with van der Waals surface area (Å²) in [5, 5.41) is 12.2. The smallest absolute Gasteiger partial charge is 0.489 e. The zero-order valence-corrected chi connectivity index (χ0v) is 25.6. The summed E-state index contributed by atoms with van der Waals surface area (Å²) >= 11 is 0. The van der Waals surface area contributed by atoms with E-state index >= 15 is 4.39 Å². The van der Waals surface area contributed by atoms with Crippen LogP contribution in [-0.4, -0.2) is 75.0 Å². The Morgan fingerprint density at radius 1 is 1.11 bits per heavy atom. The van der Waals surface area contributed by atoms with Crippen molar-refractivity contribution >= 4 is 21.6 Å². The van der Waals surface area contributed by atoms with Gasteiger partial charge in [-0.25, -0.2) is 17.8 Å². The molecule has 0 saturated carbocycles. The number of halogens is 6. The van der Waals surface area contributed by atoms with E-state index in [9.17, 15) is 40.3 Å². The Hall–Kier alpha value is -4.09.